The maximum atomic E-state index is 10.6. The zero-order valence-corrected chi connectivity index (χ0v) is 9.45. The quantitative estimate of drug-likeness (QED) is 0.753. The number of rotatable bonds is 3. The molecule has 2 N–H and O–H groups in total. The minimum atomic E-state index is -0.769. The van der Waals surface area contributed by atoms with Crippen LogP contribution in [0.3, 0.4) is 0 Å². The van der Waals surface area contributed by atoms with Gasteiger partial charge < -0.3 is 10.2 Å². The van der Waals surface area contributed by atoms with Gasteiger partial charge in [0.1, 0.15) is 5.76 Å². The first-order valence-electron chi connectivity index (χ1n) is 5.17. The van der Waals surface area contributed by atoms with Gasteiger partial charge >= 0.3 is 5.97 Å². The first-order chi connectivity index (χ1) is 6.86. The average molecular weight is 210 g/mol. The van der Waals surface area contributed by atoms with Crippen LogP contribution < -0.4 is 0 Å². The number of carboxylic acid groups (broad SMARTS) is 1. The molecule has 0 radical (unpaired) electrons. The maximum Gasteiger partial charge on any atom is 0.303 e. The van der Waals surface area contributed by atoms with Crippen LogP contribution in [0.15, 0.2) is 23.5 Å². The van der Waals surface area contributed by atoms with E-state index in [-0.39, 0.29) is 23.5 Å². The van der Waals surface area contributed by atoms with Gasteiger partial charge in [0, 0.05) is 6.42 Å². The third-order valence-corrected chi connectivity index (χ3v) is 3.55. The highest BCUT2D eigenvalue weighted by atomic mass is 16.4. The monoisotopic (exact) mass is 210 g/mol. The van der Waals surface area contributed by atoms with E-state index < -0.39 is 5.97 Å². The van der Waals surface area contributed by atoms with E-state index in [9.17, 15) is 9.90 Å². The predicted molar refractivity (Wildman–Crippen MR) is 58.6 cm³/mol. The van der Waals surface area contributed by atoms with Gasteiger partial charge in [-0.1, -0.05) is 19.4 Å². The van der Waals surface area contributed by atoms with Crippen LogP contribution in [0.2, 0.25) is 0 Å². The highest BCUT2D eigenvalue weighted by Crippen LogP contribution is 2.43. The first-order valence-corrected chi connectivity index (χ1v) is 5.17. The van der Waals surface area contributed by atoms with Gasteiger partial charge in [0.2, 0.25) is 0 Å². The van der Waals surface area contributed by atoms with Crippen LogP contribution >= 0.6 is 0 Å². The highest BCUT2D eigenvalue weighted by Gasteiger charge is 2.34. The van der Waals surface area contributed by atoms with Crippen molar-refractivity contribution in [3.05, 3.63) is 23.5 Å². The molecule has 84 valence electrons. The smallest absolute Gasteiger partial charge is 0.303 e. The van der Waals surface area contributed by atoms with Crippen molar-refractivity contribution >= 4 is 5.97 Å². The number of aliphatic hydroxyl groups is 1. The molecule has 3 nitrogen and oxygen atoms in total. The lowest BCUT2D eigenvalue weighted by molar-refractivity contribution is -0.137. The largest absolute Gasteiger partial charge is 0.508 e. The van der Waals surface area contributed by atoms with Crippen LogP contribution in [-0.2, 0) is 4.79 Å². The number of carboxylic acids is 1. The van der Waals surface area contributed by atoms with Gasteiger partial charge in [-0.15, -0.1) is 0 Å². The molecule has 2 atom stereocenters. The van der Waals surface area contributed by atoms with Crippen molar-refractivity contribution in [2.45, 2.75) is 33.6 Å². The fraction of sp³-hybridized carbons (Fsp3) is 0.583. The molecule has 3 heteroatoms. The summed E-state index contributed by atoms with van der Waals surface area (Å²) in [5, 5.41) is 18.1. The Morgan fingerprint density at radius 2 is 2.20 bits per heavy atom. The molecule has 0 bridgehead atoms. The third kappa shape index (κ3) is 2.41. The Hall–Kier alpha value is -1.25. The zero-order chi connectivity index (χ0) is 11.6. The van der Waals surface area contributed by atoms with Crippen molar-refractivity contribution in [1.29, 1.82) is 0 Å². The molecule has 1 aliphatic rings. The van der Waals surface area contributed by atoms with Gasteiger partial charge in [0.15, 0.2) is 0 Å². The van der Waals surface area contributed by atoms with Gasteiger partial charge in [0.25, 0.3) is 0 Å². The summed E-state index contributed by atoms with van der Waals surface area (Å²) in [5.41, 5.74) is 0.904. The molecule has 0 spiro atoms. The lowest BCUT2D eigenvalue weighted by atomic mass is 9.67. The molecule has 1 rings (SSSR count). The van der Waals surface area contributed by atoms with Gasteiger partial charge in [-0.25, -0.2) is 0 Å². The molecule has 0 aliphatic heterocycles. The number of hydrogen-bond acceptors (Lipinski definition) is 2. The minimum Gasteiger partial charge on any atom is -0.508 e. The molecule has 0 heterocycles. The molecule has 0 aromatic carbocycles. The van der Waals surface area contributed by atoms with E-state index in [1.54, 1.807) is 12.2 Å². The highest BCUT2D eigenvalue weighted by molar-refractivity contribution is 5.66. The molecule has 15 heavy (non-hydrogen) atoms. The van der Waals surface area contributed by atoms with Crippen LogP contribution in [0, 0.1) is 11.3 Å². The minimum absolute atomic E-state index is 0.148. The third-order valence-electron chi connectivity index (χ3n) is 3.55. The van der Waals surface area contributed by atoms with Crippen LogP contribution in [0.25, 0.3) is 0 Å². The van der Waals surface area contributed by atoms with E-state index in [1.807, 2.05) is 13.8 Å². The summed E-state index contributed by atoms with van der Waals surface area (Å²) >= 11 is 0. The van der Waals surface area contributed by atoms with Crippen molar-refractivity contribution in [2.75, 3.05) is 0 Å². The Kier molecular flexibility index (Phi) is 3.22. The Labute approximate surface area is 90.1 Å². The Morgan fingerprint density at radius 3 is 2.67 bits per heavy atom. The molecule has 0 aromatic heterocycles. The molecule has 0 fully saturated rings. The molecule has 0 amide bonds. The summed E-state index contributed by atoms with van der Waals surface area (Å²) in [4.78, 5) is 10.6. The van der Waals surface area contributed by atoms with Crippen molar-refractivity contribution < 1.29 is 15.0 Å². The second-order valence-corrected chi connectivity index (χ2v) is 4.52. The second kappa shape index (κ2) is 4.09. The fourth-order valence-electron chi connectivity index (χ4n) is 2.03. The Balaban J connectivity index is 2.84. The normalized spacial score (nSPS) is 30.7. The Bertz CT molecular complexity index is 328. The zero-order valence-electron chi connectivity index (χ0n) is 9.45. The van der Waals surface area contributed by atoms with Crippen molar-refractivity contribution in [1.82, 2.24) is 0 Å². The molecular weight excluding hydrogens is 192 g/mol. The summed E-state index contributed by atoms with van der Waals surface area (Å²) in [6, 6.07) is 0. The number of allylic oxidation sites excluding steroid dienone is 3. The van der Waals surface area contributed by atoms with Gasteiger partial charge in [-0.2, -0.15) is 0 Å². The van der Waals surface area contributed by atoms with Gasteiger partial charge in [-0.05, 0) is 36.8 Å². The fourth-order valence-corrected chi connectivity index (χ4v) is 2.03. The predicted octanol–water partition coefficient (Wildman–Crippen LogP) is 2.90. The van der Waals surface area contributed by atoms with E-state index >= 15 is 0 Å². The van der Waals surface area contributed by atoms with E-state index in [4.69, 9.17) is 5.11 Å². The van der Waals surface area contributed by atoms with E-state index in [1.165, 1.54) is 0 Å². The number of carbonyl (C=O) groups is 1. The van der Waals surface area contributed by atoms with Gasteiger partial charge in [0.05, 0.1) is 0 Å². The SMILES string of the molecule is CC1=CC(O)=CC(C)C1(C)CCC(=O)O. The summed E-state index contributed by atoms with van der Waals surface area (Å²) in [7, 11) is 0. The molecular formula is C12H18O3. The van der Waals surface area contributed by atoms with E-state index in [0.29, 0.717) is 6.42 Å². The summed E-state index contributed by atoms with van der Waals surface area (Å²) in [6.07, 6.45) is 4.28. The number of aliphatic hydroxyl groups excluding tert-OH is 1. The van der Waals surface area contributed by atoms with Gasteiger partial charge in [-0.3, -0.25) is 4.79 Å². The average Bonchev–Trinajstić information content (AvgIpc) is 2.11. The van der Waals surface area contributed by atoms with Crippen molar-refractivity contribution in [3.8, 4) is 0 Å². The maximum absolute atomic E-state index is 10.6. The topological polar surface area (TPSA) is 57.5 Å². The first kappa shape index (κ1) is 11.8. The number of hydrogen-bond donors (Lipinski definition) is 2. The molecule has 0 aromatic rings. The summed E-state index contributed by atoms with van der Waals surface area (Å²) in [6.45, 7) is 6.01. The van der Waals surface area contributed by atoms with E-state index in [0.717, 1.165) is 5.57 Å². The van der Waals surface area contributed by atoms with Crippen molar-refractivity contribution in [3.63, 3.8) is 0 Å². The van der Waals surface area contributed by atoms with Crippen LogP contribution in [0.4, 0.5) is 0 Å². The van der Waals surface area contributed by atoms with Crippen LogP contribution in [-0.4, -0.2) is 16.2 Å². The lowest BCUT2D eigenvalue weighted by Crippen LogP contribution is -2.29. The second-order valence-electron chi connectivity index (χ2n) is 4.52. The van der Waals surface area contributed by atoms with E-state index in [2.05, 4.69) is 6.92 Å². The summed E-state index contributed by atoms with van der Waals surface area (Å²) < 4.78 is 0. The molecule has 2 unspecified atom stereocenters. The van der Waals surface area contributed by atoms with Crippen LogP contribution in [0.5, 0.6) is 0 Å². The number of aliphatic carboxylic acids is 1. The molecule has 0 saturated heterocycles. The lowest BCUT2D eigenvalue weighted by Gasteiger charge is -2.37. The standard InChI is InChI=1S/C12H18O3/c1-8-6-10(13)7-9(2)12(8,3)5-4-11(14)15/h6-8,13H,4-5H2,1-3H3,(H,14,15). The Morgan fingerprint density at radius 1 is 1.60 bits per heavy atom. The van der Waals surface area contributed by atoms with Crippen molar-refractivity contribution in [2.24, 2.45) is 11.3 Å². The molecule has 1 aliphatic carbocycles. The molecule has 0 saturated carbocycles. The summed E-state index contributed by atoms with van der Waals surface area (Å²) in [5.74, 6) is -0.315. The van der Waals surface area contributed by atoms with Crippen LogP contribution in [0.1, 0.15) is 33.6 Å².